The molecule has 1 atom stereocenters. The van der Waals surface area contributed by atoms with Crippen molar-refractivity contribution in [3.8, 4) is 10.8 Å². The average Bonchev–Trinajstić information content (AvgIpc) is 3.39. The molecule has 2 amide bonds. The van der Waals surface area contributed by atoms with Crippen molar-refractivity contribution >= 4 is 28.8 Å². The zero-order chi connectivity index (χ0) is 20.8. The molecule has 29 heavy (non-hydrogen) atoms. The van der Waals surface area contributed by atoms with Crippen LogP contribution < -0.4 is 11.1 Å². The molecule has 3 rings (SSSR count). The second-order valence-electron chi connectivity index (χ2n) is 6.56. The Balaban J connectivity index is 1.65. The van der Waals surface area contributed by atoms with Crippen molar-refractivity contribution in [1.82, 2.24) is 15.1 Å². The van der Waals surface area contributed by atoms with E-state index < -0.39 is 11.9 Å². The maximum Gasteiger partial charge on any atom is 0.257 e. The minimum absolute atomic E-state index is 0.164. The summed E-state index contributed by atoms with van der Waals surface area (Å²) in [5.74, 6) is 0.278. The molecule has 0 fully saturated rings. The maximum atomic E-state index is 12.7. The highest BCUT2D eigenvalue weighted by molar-refractivity contribution is 7.13. The number of primary amides is 1. The fraction of sp³-hybridized carbons (Fsp3) is 0.300. The average molecular weight is 414 g/mol. The Hall–Kier alpha value is -3.04. The molecule has 3 N–H and O–H groups in total. The van der Waals surface area contributed by atoms with Crippen LogP contribution in [-0.4, -0.2) is 39.5 Å². The van der Waals surface area contributed by atoms with Crippen molar-refractivity contribution in [3.63, 3.8) is 0 Å². The SMILES string of the molecule is CCCN(Cc1nnc(-c2cccs2)o1)[C@@H](C)C(=O)Nc1ccc(C(N)=O)cc1. The molecule has 0 aliphatic heterocycles. The molecule has 0 unspecified atom stereocenters. The van der Waals surface area contributed by atoms with Crippen LogP contribution in [0, 0.1) is 0 Å². The van der Waals surface area contributed by atoms with Crippen molar-refractivity contribution < 1.29 is 14.0 Å². The topological polar surface area (TPSA) is 114 Å². The molecule has 3 aromatic rings. The molecule has 152 valence electrons. The molecule has 0 bridgehead atoms. The fourth-order valence-electron chi connectivity index (χ4n) is 2.82. The smallest absolute Gasteiger partial charge is 0.257 e. The number of rotatable bonds is 9. The number of nitrogens with two attached hydrogens (primary N) is 1. The van der Waals surface area contributed by atoms with Gasteiger partial charge in [-0.2, -0.15) is 0 Å². The Morgan fingerprint density at radius 2 is 2.00 bits per heavy atom. The summed E-state index contributed by atoms with van der Waals surface area (Å²) in [4.78, 5) is 26.8. The van der Waals surface area contributed by atoms with E-state index in [9.17, 15) is 9.59 Å². The number of hydrogen-bond acceptors (Lipinski definition) is 7. The van der Waals surface area contributed by atoms with Gasteiger partial charge in [-0.15, -0.1) is 21.5 Å². The summed E-state index contributed by atoms with van der Waals surface area (Å²) in [6, 6.07) is 9.90. The Labute approximate surface area is 172 Å². The number of anilines is 1. The third-order valence-electron chi connectivity index (χ3n) is 4.41. The zero-order valence-electron chi connectivity index (χ0n) is 16.3. The highest BCUT2D eigenvalue weighted by atomic mass is 32.1. The standard InChI is InChI=1S/C20H23N5O3S/c1-3-10-25(12-17-23-24-20(28-17)16-5-4-11-29-16)13(2)19(27)22-15-8-6-14(7-9-15)18(21)26/h4-9,11,13H,3,10,12H2,1-2H3,(H2,21,26)(H,22,27)/t13-/m0/s1. The van der Waals surface area contributed by atoms with Crippen LogP contribution in [0.1, 0.15) is 36.5 Å². The normalized spacial score (nSPS) is 12.1. The van der Waals surface area contributed by atoms with Crippen LogP contribution in [0.25, 0.3) is 10.8 Å². The van der Waals surface area contributed by atoms with Crippen molar-refractivity contribution in [2.24, 2.45) is 5.73 Å². The van der Waals surface area contributed by atoms with Gasteiger partial charge in [-0.25, -0.2) is 0 Å². The maximum absolute atomic E-state index is 12.7. The second kappa shape index (κ2) is 9.44. The molecule has 9 heteroatoms. The molecule has 0 radical (unpaired) electrons. The molecule has 2 aromatic heterocycles. The lowest BCUT2D eigenvalue weighted by atomic mass is 10.2. The summed E-state index contributed by atoms with van der Waals surface area (Å²) in [5.41, 5.74) is 6.23. The first-order chi connectivity index (χ1) is 14.0. The largest absolute Gasteiger partial charge is 0.419 e. The first-order valence-corrected chi connectivity index (χ1v) is 10.2. The van der Waals surface area contributed by atoms with Gasteiger partial charge in [0.25, 0.3) is 5.89 Å². The minimum Gasteiger partial charge on any atom is -0.419 e. The van der Waals surface area contributed by atoms with E-state index in [2.05, 4.69) is 15.5 Å². The van der Waals surface area contributed by atoms with Gasteiger partial charge >= 0.3 is 0 Å². The van der Waals surface area contributed by atoms with Crippen molar-refractivity contribution in [1.29, 1.82) is 0 Å². The van der Waals surface area contributed by atoms with E-state index in [1.54, 1.807) is 24.3 Å². The quantitative estimate of drug-likeness (QED) is 0.557. The minimum atomic E-state index is -0.508. The monoisotopic (exact) mass is 413 g/mol. The first kappa shape index (κ1) is 20.7. The van der Waals surface area contributed by atoms with Gasteiger partial charge in [0.15, 0.2) is 0 Å². The van der Waals surface area contributed by atoms with Gasteiger partial charge in [0.2, 0.25) is 17.7 Å². The number of carbonyl (C=O) groups excluding carboxylic acids is 2. The number of benzene rings is 1. The van der Waals surface area contributed by atoms with Crippen LogP contribution in [-0.2, 0) is 11.3 Å². The van der Waals surface area contributed by atoms with Gasteiger partial charge in [0.05, 0.1) is 17.5 Å². The number of thiophene rings is 1. The first-order valence-electron chi connectivity index (χ1n) is 9.29. The summed E-state index contributed by atoms with van der Waals surface area (Å²) in [6.07, 6.45) is 0.872. The van der Waals surface area contributed by atoms with Crippen LogP contribution in [0.3, 0.4) is 0 Å². The number of nitrogens with zero attached hydrogens (tertiary/aromatic N) is 3. The van der Waals surface area contributed by atoms with Gasteiger partial charge in [-0.05, 0) is 55.6 Å². The molecule has 2 heterocycles. The van der Waals surface area contributed by atoms with E-state index in [0.29, 0.717) is 36.1 Å². The molecular formula is C20H23N5O3S. The predicted molar refractivity (Wildman–Crippen MR) is 111 cm³/mol. The zero-order valence-corrected chi connectivity index (χ0v) is 17.1. The number of hydrogen-bond donors (Lipinski definition) is 2. The molecule has 0 aliphatic rings. The third kappa shape index (κ3) is 5.27. The van der Waals surface area contributed by atoms with E-state index in [-0.39, 0.29) is 5.91 Å². The third-order valence-corrected chi connectivity index (χ3v) is 5.27. The summed E-state index contributed by atoms with van der Waals surface area (Å²) in [5, 5.41) is 13.0. The predicted octanol–water partition coefficient (Wildman–Crippen LogP) is 3.14. The Kier molecular flexibility index (Phi) is 6.73. The van der Waals surface area contributed by atoms with Gasteiger partial charge in [-0.3, -0.25) is 14.5 Å². The highest BCUT2D eigenvalue weighted by Gasteiger charge is 2.23. The number of amides is 2. The summed E-state index contributed by atoms with van der Waals surface area (Å²) < 4.78 is 5.76. The van der Waals surface area contributed by atoms with E-state index in [4.69, 9.17) is 10.2 Å². The molecule has 0 spiro atoms. The lowest BCUT2D eigenvalue weighted by Gasteiger charge is -2.26. The second-order valence-corrected chi connectivity index (χ2v) is 7.50. The van der Waals surface area contributed by atoms with E-state index in [0.717, 1.165) is 11.3 Å². The van der Waals surface area contributed by atoms with Crippen LogP contribution >= 0.6 is 11.3 Å². The van der Waals surface area contributed by atoms with Crippen LogP contribution in [0.5, 0.6) is 0 Å². The highest BCUT2D eigenvalue weighted by Crippen LogP contribution is 2.23. The van der Waals surface area contributed by atoms with Gasteiger partial charge in [-0.1, -0.05) is 13.0 Å². The Bertz CT molecular complexity index is 953. The lowest BCUT2D eigenvalue weighted by Crippen LogP contribution is -2.42. The van der Waals surface area contributed by atoms with Crippen LogP contribution in [0.2, 0.25) is 0 Å². The summed E-state index contributed by atoms with van der Waals surface area (Å²) in [7, 11) is 0. The molecule has 1 aromatic carbocycles. The lowest BCUT2D eigenvalue weighted by molar-refractivity contribution is -0.121. The van der Waals surface area contributed by atoms with Crippen molar-refractivity contribution in [2.45, 2.75) is 32.9 Å². The van der Waals surface area contributed by atoms with Crippen LogP contribution in [0.15, 0.2) is 46.2 Å². The summed E-state index contributed by atoms with van der Waals surface area (Å²) in [6.45, 7) is 4.96. The van der Waals surface area contributed by atoms with Gasteiger partial charge in [0, 0.05) is 11.3 Å². The van der Waals surface area contributed by atoms with E-state index in [1.165, 1.54) is 11.3 Å². The Morgan fingerprint density at radius 3 is 2.62 bits per heavy atom. The number of aromatic nitrogens is 2. The van der Waals surface area contributed by atoms with Crippen molar-refractivity contribution in [2.75, 3.05) is 11.9 Å². The molecule has 0 saturated heterocycles. The molecule has 8 nitrogen and oxygen atoms in total. The number of nitrogens with one attached hydrogen (secondary N) is 1. The molecule has 0 saturated carbocycles. The van der Waals surface area contributed by atoms with E-state index in [1.807, 2.05) is 36.3 Å². The van der Waals surface area contributed by atoms with Gasteiger partial charge < -0.3 is 15.5 Å². The Morgan fingerprint density at radius 1 is 1.24 bits per heavy atom. The molecular weight excluding hydrogens is 390 g/mol. The van der Waals surface area contributed by atoms with Crippen LogP contribution in [0.4, 0.5) is 5.69 Å². The van der Waals surface area contributed by atoms with E-state index >= 15 is 0 Å². The summed E-state index contributed by atoms with van der Waals surface area (Å²) >= 11 is 1.53. The fourth-order valence-corrected chi connectivity index (χ4v) is 3.46. The number of carbonyl (C=O) groups is 2. The van der Waals surface area contributed by atoms with Gasteiger partial charge in [0.1, 0.15) is 0 Å². The van der Waals surface area contributed by atoms with Crippen molar-refractivity contribution in [3.05, 3.63) is 53.2 Å². The molecule has 0 aliphatic carbocycles.